The molecular formula is C18H26Cl2N6O4S3. The van der Waals surface area contributed by atoms with Gasteiger partial charge in [0.05, 0.1) is 0 Å². The number of hydrogen-bond donors (Lipinski definition) is 6. The third kappa shape index (κ3) is 20.8. The highest BCUT2D eigenvalue weighted by molar-refractivity contribution is 8.13. The van der Waals surface area contributed by atoms with Crippen molar-refractivity contribution in [3.8, 4) is 0 Å². The van der Waals surface area contributed by atoms with Crippen molar-refractivity contribution in [3.63, 3.8) is 0 Å². The van der Waals surface area contributed by atoms with Gasteiger partial charge in [0.1, 0.15) is 11.4 Å². The summed E-state index contributed by atoms with van der Waals surface area (Å²) in [6.07, 6.45) is 0. The molecule has 0 radical (unpaired) electrons. The van der Waals surface area contributed by atoms with Gasteiger partial charge in [0.25, 0.3) is 0 Å². The maximum atomic E-state index is 8.52. The fourth-order valence-corrected chi connectivity index (χ4v) is 3.26. The molecule has 15 heteroatoms. The van der Waals surface area contributed by atoms with Gasteiger partial charge in [-0.3, -0.25) is 19.9 Å². The smallest absolute Gasteiger partial charge is 0.307 e. The predicted molar refractivity (Wildman–Crippen MR) is 136 cm³/mol. The van der Waals surface area contributed by atoms with E-state index in [1.54, 1.807) is 0 Å². The Morgan fingerprint density at radius 1 is 0.818 bits per heavy atom. The molecule has 0 aliphatic carbocycles. The molecule has 0 saturated carbocycles. The Morgan fingerprint density at radius 3 is 1.42 bits per heavy atom. The average Bonchev–Trinajstić information content (AvgIpc) is 2.70. The van der Waals surface area contributed by atoms with Crippen LogP contribution in [0.5, 0.6) is 0 Å². The highest BCUT2D eigenvalue weighted by atomic mass is 35.5. The summed E-state index contributed by atoms with van der Waals surface area (Å²) in [6.45, 7) is 1.23. The second kappa shape index (κ2) is 17.9. The van der Waals surface area contributed by atoms with E-state index in [0.717, 1.165) is 22.9 Å². The first-order valence-electron chi connectivity index (χ1n) is 9.07. The van der Waals surface area contributed by atoms with Crippen LogP contribution in [-0.2, 0) is 10.4 Å². The van der Waals surface area contributed by atoms with Gasteiger partial charge in [0, 0.05) is 57.2 Å². The van der Waals surface area contributed by atoms with Gasteiger partial charge in [-0.05, 0) is 47.8 Å². The van der Waals surface area contributed by atoms with E-state index in [0.29, 0.717) is 33.5 Å². The molecule has 0 saturated heterocycles. The maximum absolute atomic E-state index is 8.52. The van der Waals surface area contributed by atoms with Crippen LogP contribution in [0.25, 0.3) is 0 Å². The molecule has 0 bridgehead atoms. The van der Waals surface area contributed by atoms with Gasteiger partial charge >= 0.3 is 10.3 Å². The summed E-state index contributed by atoms with van der Waals surface area (Å²) >= 11 is 14.6. The number of nitrogens with one attached hydrogen (secondary N) is 2. The van der Waals surface area contributed by atoms with Crippen molar-refractivity contribution in [2.75, 3.05) is 24.6 Å². The fourth-order valence-electron chi connectivity index (χ4n) is 1.83. The molecule has 33 heavy (non-hydrogen) atoms. The van der Waals surface area contributed by atoms with Crippen LogP contribution in [-0.4, -0.2) is 52.5 Å². The number of halogens is 2. The predicted octanol–water partition coefficient (Wildman–Crippen LogP) is -1.22. The Labute approximate surface area is 211 Å². The van der Waals surface area contributed by atoms with Crippen LogP contribution in [0.2, 0.25) is 10.0 Å². The lowest BCUT2D eigenvalue weighted by Gasteiger charge is -2.06. The number of hydrogen-bond acceptors (Lipinski definition) is 8. The van der Waals surface area contributed by atoms with Crippen molar-refractivity contribution >= 4 is 78.8 Å². The summed E-state index contributed by atoms with van der Waals surface area (Å²) in [5.41, 5.74) is 23.9. The summed E-state index contributed by atoms with van der Waals surface area (Å²) in [7, 11) is -5.17. The Balaban J connectivity index is 0.000000517. The van der Waals surface area contributed by atoms with E-state index in [1.807, 2.05) is 48.5 Å². The molecule has 0 aromatic heterocycles. The monoisotopic (exact) mass is 556 g/mol. The van der Waals surface area contributed by atoms with E-state index in [2.05, 4.69) is 9.98 Å². The lowest BCUT2D eigenvalue weighted by molar-refractivity contribution is -0.351. The Morgan fingerprint density at radius 2 is 1.15 bits per heavy atom. The number of thioether (sulfide) groups is 2. The Hall–Kier alpha value is -1.55. The van der Waals surface area contributed by atoms with Crippen molar-refractivity contribution in [3.05, 3.63) is 58.6 Å². The third-order valence-electron chi connectivity index (χ3n) is 2.94. The van der Waals surface area contributed by atoms with Crippen LogP contribution in [0.3, 0.4) is 0 Å². The molecule has 10 nitrogen and oxygen atoms in total. The number of rotatable bonds is 6. The molecule has 0 spiro atoms. The average molecular weight is 558 g/mol. The van der Waals surface area contributed by atoms with Crippen LogP contribution in [0.4, 0.5) is 11.4 Å². The van der Waals surface area contributed by atoms with Crippen molar-refractivity contribution in [1.82, 2.24) is 0 Å². The summed E-state index contributed by atoms with van der Waals surface area (Å²) in [5, 5.41) is 2.65. The largest absolute Gasteiger partial charge is 0.759 e. The lowest BCUT2D eigenvalue weighted by Crippen LogP contribution is -2.68. The molecule has 184 valence electrons. The van der Waals surface area contributed by atoms with E-state index >= 15 is 0 Å². The second-order valence-corrected chi connectivity index (χ2v) is 9.64. The van der Waals surface area contributed by atoms with Gasteiger partial charge in [-0.15, -0.1) is 0 Å². The minimum absolute atomic E-state index is 0.614. The molecule has 0 aliphatic rings. The molecule has 2 aromatic rings. The summed E-state index contributed by atoms with van der Waals surface area (Å²) in [5.74, 6) is 1.61. The number of benzene rings is 2. The van der Waals surface area contributed by atoms with Gasteiger partial charge in [0.2, 0.25) is 0 Å². The van der Waals surface area contributed by atoms with Crippen molar-refractivity contribution in [2.24, 2.45) is 22.9 Å². The number of amidine groups is 2. The van der Waals surface area contributed by atoms with E-state index in [1.165, 1.54) is 23.5 Å². The topological polar surface area (TPSA) is 212 Å². The van der Waals surface area contributed by atoms with Crippen molar-refractivity contribution < 1.29 is 27.5 Å². The molecule has 0 unspecified atom stereocenters. The lowest BCUT2D eigenvalue weighted by atomic mass is 10.3. The highest BCUT2D eigenvalue weighted by Gasteiger charge is 2.01. The van der Waals surface area contributed by atoms with Crippen LogP contribution in [0, 0.1) is 0 Å². The van der Waals surface area contributed by atoms with E-state index in [4.69, 9.17) is 63.7 Å². The molecule has 0 aliphatic heterocycles. The van der Waals surface area contributed by atoms with Gasteiger partial charge < -0.3 is 20.6 Å². The molecule has 0 heterocycles. The Bertz CT molecular complexity index is 937. The summed E-state index contributed by atoms with van der Waals surface area (Å²) in [6, 6.07) is 14.8. The zero-order valence-corrected chi connectivity index (χ0v) is 21.3. The first-order chi connectivity index (χ1) is 15.4. The van der Waals surface area contributed by atoms with Crippen molar-refractivity contribution in [2.45, 2.75) is 0 Å². The van der Waals surface area contributed by atoms with Gasteiger partial charge in [-0.25, -0.2) is 9.98 Å². The Kier molecular flexibility index (Phi) is 17.0. The first-order valence-corrected chi connectivity index (χ1v) is 13.1. The molecule has 0 amide bonds. The zero-order valence-electron chi connectivity index (χ0n) is 17.4. The van der Waals surface area contributed by atoms with Gasteiger partial charge in [0.15, 0.2) is 0 Å². The van der Waals surface area contributed by atoms with Crippen LogP contribution in [0.15, 0.2) is 48.5 Å². The molecule has 2 rings (SSSR count). The third-order valence-corrected chi connectivity index (χ3v) is 5.11. The van der Waals surface area contributed by atoms with Crippen LogP contribution >= 0.6 is 46.7 Å². The fraction of sp³-hybridized carbons (Fsp3) is 0.222. The van der Waals surface area contributed by atoms with E-state index in [9.17, 15) is 0 Å². The van der Waals surface area contributed by atoms with Crippen molar-refractivity contribution in [1.29, 1.82) is 0 Å². The standard InChI is InChI=1S/2C9H12ClN3S.H2O4S/c2*10-7-2-1-3-8(6-7)13-9(12)14-5-4-11;1-5(2,3)4/h2*1-3,6H,4-5,11H2,(H2,12,13);(H2,1,2,3,4). The van der Waals surface area contributed by atoms with Crippen LogP contribution < -0.4 is 32.9 Å². The molecule has 0 fully saturated rings. The summed E-state index contributed by atoms with van der Waals surface area (Å²) in [4.78, 5) is 6.07. The van der Waals surface area contributed by atoms with E-state index < -0.39 is 10.4 Å². The molecule has 0 atom stereocenters. The van der Waals surface area contributed by atoms with E-state index in [-0.39, 0.29) is 0 Å². The van der Waals surface area contributed by atoms with Gasteiger partial charge in [-0.1, -0.05) is 35.3 Å². The minimum Gasteiger partial charge on any atom is -0.759 e. The molecular weight excluding hydrogens is 531 g/mol. The SMILES string of the molecule is NCCSC(N)=[NH+]c1cccc(Cl)c1.NCCSC(N)=[NH+]c1cccc(Cl)c1.O=S(=O)([O-])[O-]. The number of nitrogens with two attached hydrogens (primary N) is 4. The van der Waals surface area contributed by atoms with Gasteiger partial charge in [-0.2, -0.15) is 0 Å². The first kappa shape index (κ1) is 31.4. The zero-order chi connectivity index (χ0) is 25.3. The minimum atomic E-state index is -5.17. The highest BCUT2D eigenvalue weighted by Crippen LogP contribution is 2.11. The molecule has 2 aromatic carbocycles. The quantitative estimate of drug-likeness (QED) is 0.108. The maximum Gasteiger partial charge on any atom is 0.307 e. The second-order valence-electron chi connectivity index (χ2n) is 5.68. The van der Waals surface area contributed by atoms with Crippen LogP contribution in [0.1, 0.15) is 0 Å². The normalized spacial score (nSPS) is 11.7. The summed E-state index contributed by atoms with van der Waals surface area (Å²) < 4.78 is 34.1. The molecule has 10 N–H and O–H groups in total.